The van der Waals surface area contributed by atoms with Gasteiger partial charge in [0.15, 0.2) is 0 Å². The average molecular weight is 509 g/mol. The Morgan fingerprint density at radius 2 is 0.920 bits per heavy atom. The van der Waals surface area contributed by atoms with Crippen molar-refractivity contribution in [2.75, 3.05) is 0 Å². The van der Waals surface area contributed by atoms with Crippen LogP contribution in [0.1, 0.15) is 11.1 Å². The van der Waals surface area contributed by atoms with E-state index in [9.17, 15) is 10.2 Å². The first kappa shape index (κ1) is 18.6. The van der Waals surface area contributed by atoms with Crippen LogP contribution >= 0.6 is 0 Å². The summed E-state index contributed by atoms with van der Waals surface area (Å²) < 4.78 is 0. The van der Waals surface area contributed by atoms with Crippen molar-refractivity contribution in [3.63, 3.8) is 0 Å². The topological polar surface area (TPSA) is 70.8 Å². The van der Waals surface area contributed by atoms with E-state index >= 15 is 0 Å². The molecule has 0 N–H and O–H groups in total. The van der Waals surface area contributed by atoms with Crippen molar-refractivity contribution in [2.24, 2.45) is 9.98 Å². The molecule has 0 aromatic heterocycles. The van der Waals surface area contributed by atoms with Gasteiger partial charge in [-0.25, -0.2) is 0 Å². The van der Waals surface area contributed by atoms with Crippen LogP contribution in [0, 0.1) is 0 Å². The number of aliphatic imine (C=N–C) groups is 2. The van der Waals surface area contributed by atoms with Crippen LogP contribution in [0.15, 0.2) is 82.8 Å². The molecule has 0 spiro atoms. The summed E-state index contributed by atoms with van der Waals surface area (Å²) in [5.41, 5.74) is 2.28. The first-order valence-electron chi connectivity index (χ1n) is 7.43. The van der Waals surface area contributed by atoms with Crippen LogP contribution in [0.3, 0.4) is 0 Å². The standard InChI is InChI=1S/C20H16N2O2.Pt/c23-19-11-5-1-7-15(19)13-21-17-9-3-4-10-18(17)22-14-16-8-2-6-12-20(16)24;/h1-14,23-24H;/q;+2/p-2. The summed E-state index contributed by atoms with van der Waals surface area (Å²) in [4.78, 5) is 8.71. The van der Waals surface area contributed by atoms with Crippen LogP contribution in [0.25, 0.3) is 0 Å². The zero-order valence-electron chi connectivity index (χ0n) is 13.1. The van der Waals surface area contributed by atoms with Gasteiger partial charge in [-0.3, -0.25) is 9.98 Å². The molecule has 0 aliphatic heterocycles. The van der Waals surface area contributed by atoms with Gasteiger partial charge in [-0.15, -0.1) is 11.5 Å². The molecular weight excluding hydrogens is 495 g/mol. The molecule has 0 unspecified atom stereocenters. The SMILES string of the molecule is [O-]c1ccccc1C=Nc1ccccc1N=Cc1ccccc1[O-].[Pt+2]. The molecule has 0 bridgehead atoms. The van der Waals surface area contributed by atoms with E-state index in [4.69, 9.17) is 0 Å². The third-order valence-electron chi connectivity index (χ3n) is 3.41. The van der Waals surface area contributed by atoms with Gasteiger partial charge in [0, 0.05) is 12.4 Å². The number of para-hydroxylation sites is 4. The zero-order chi connectivity index (χ0) is 16.8. The van der Waals surface area contributed by atoms with Gasteiger partial charge in [-0.05, 0) is 23.3 Å². The van der Waals surface area contributed by atoms with Gasteiger partial charge in [0.1, 0.15) is 0 Å². The van der Waals surface area contributed by atoms with Gasteiger partial charge >= 0.3 is 21.1 Å². The zero-order valence-corrected chi connectivity index (χ0v) is 15.4. The van der Waals surface area contributed by atoms with Gasteiger partial charge in [-0.1, -0.05) is 60.7 Å². The van der Waals surface area contributed by atoms with E-state index in [1.807, 2.05) is 12.1 Å². The van der Waals surface area contributed by atoms with Crippen molar-refractivity contribution in [2.45, 2.75) is 0 Å². The summed E-state index contributed by atoms with van der Waals surface area (Å²) in [5.74, 6) is -0.162. The summed E-state index contributed by atoms with van der Waals surface area (Å²) in [6.07, 6.45) is 3.05. The predicted octanol–water partition coefficient (Wildman–Crippen LogP) is 3.33. The molecule has 0 amide bonds. The maximum absolute atomic E-state index is 11.7. The fourth-order valence-electron chi connectivity index (χ4n) is 2.14. The predicted molar refractivity (Wildman–Crippen MR) is 92.7 cm³/mol. The maximum Gasteiger partial charge on any atom is 2.00 e. The van der Waals surface area contributed by atoms with Crippen molar-refractivity contribution in [1.29, 1.82) is 0 Å². The van der Waals surface area contributed by atoms with E-state index in [2.05, 4.69) is 9.98 Å². The van der Waals surface area contributed by atoms with Gasteiger partial charge in [0.05, 0.1) is 11.4 Å². The van der Waals surface area contributed by atoms with Gasteiger partial charge in [0.25, 0.3) is 0 Å². The molecule has 0 fully saturated rings. The fourth-order valence-corrected chi connectivity index (χ4v) is 2.14. The largest absolute Gasteiger partial charge is 2.00 e. The summed E-state index contributed by atoms with van der Waals surface area (Å²) in [6.45, 7) is 0. The monoisotopic (exact) mass is 509 g/mol. The second-order valence-corrected chi connectivity index (χ2v) is 5.08. The van der Waals surface area contributed by atoms with Crippen molar-refractivity contribution in [3.05, 3.63) is 83.9 Å². The van der Waals surface area contributed by atoms with Gasteiger partial charge < -0.3 is 10.2 Å². The molecule has 0 radical (unpaired) electrons. The van der Waals surface area contributed by atoms with Crippen molar-refractivity contribution >= 4 is 23.8 Å². The molecule has 0 atom stereocenters. The molecule has 3 rings (SSSR count). The van der Waals surface area contributed by atoms with E-state index in [1.165, 1.54) is 24.6 Å². The first-order chi connectivity index (χ1) is 11.7. The molecule has 0 heterocycles. The minimum Gasteiger partial charge on any atom is -0.872 e. The van der Waals surface area contributed by atoms with E-state index < -0.39 is 0 Å². The quantitative estimate of drug-likeness (QED) is 0.507. The molecule has 5 heteroatoms. The Balaban J connectivity index is 0.00000225. The summed E-state index contributed by atoms with van der Waals surface area (Å²) >= 11 is 0. The maximum atomic E-state index is 11.7. The van der Waals surface area contributed by atoms with Gasteiger partial charge in [-0.2, -0.15) is 0 Å². The number of rotatable bonds is 4. The fraction of sp³-hybridized carbons (Fsp3) is 0. The smallest absolute Gasteiger partial charge is 0.872 e. The Hall–Kier alpha value is -2.71. The molecule has 0 saturated carbocycles. The molecule has 0 aliphatic rings. The second kappa shape index (κ2) is 8.95. The van der Waals surface area contributed by atoms with E-state index in [0.29, 0.717) is 22.5 Å². The molecule has 3 aromatic carbocycles. The van der Waals surface area contributed by atoms with Crippen LogP contribution in [-0.2, 0) is 21.1 Å². The van der Waals surface area contributed by atoms with Crippen LogP contribution in [0.5, 0.6) is 11.5 Å². The summed E-state index contributed by atoms with van der Waals surface area (Å²) in [5, 5.41) is 23.4. The molecular formula is C20H14N2O2Pt. The Bertz CT molecular complexity index is 833. The Kier molecular flexibility index (Phi) is 6.67. The molecule has 126 valence electrons. The molecule has 0 aliphatic carbocycles. The molecule has 4 nitrogen and oxygen atoms in total. The van der Waals surface area contributed by atoms with E-state index in [1.54, 1.807) is 48.5 Å². The third kappa shape index (κ3) is 4.88. The van der Waals surface area contributed by atoms with E-state index in [0.717, 1.165) is 0 Å². The van der Waals surface area contributed by atoms with Crippen LogP contribution < -0.4 is 10.2 Å². The van der Waals surface area contributed by atoms with Crippen LogP contribution in [0.4, 0.5) is 11.4 Å². The van der Waals surface area contributed by atoms with Crippen molar-refractivity contribution < 1.29 is 31.3 Å². The van der Waals surface area contributed by atoms with Crippen LogP contribution in [-0.4, -0.2) is 12.4 Å². The number of hydrogen-bond acceptors (Lipinski definition) is 4. The van der Waals surface area contributed by atoms with E-state index in [-0.39, 0.29) is 32.6 Å². The Labute approximate surface area is 160 Å². The van der Waals surface area contributed by atoms with Gasteiger partial charge in [0.2, 0.25) is 0 Å². The second-order valence-electron chi connectivity index (χ2n) is 5.08. The van der Waals surface area contributed by atoms with Crippen LogP contribution in [0.2, 0.25) is 0 Å². The summed E-state index contributed by atoms with van der Waals surface area (Å²) in [6, 6.07) is 20.7. The molecule has 0 saturated heterocycles. The first-order valence-corrected chi connectivity index (χ1v) is 7.43. The normalized spacial score (nSPS) is 10.9. The Morgan fingerprint density at radius 1 is 0.560 bits per heavy atom. The Morgan fingerprint density at radius 3 is 1.32 bits per heavy atom. The minimum atomic E-state index is -0.0810. The number of benzene rings is 3. The number of hydrogen-bond donors (Lipinski definition) is 0. The minimum absolute atomic E-state index is 0. The molecule has 25 heavy (non-hydrogen) atoms. The van der Waals surface area contributed by atoms with Crippen molar-refractivity contribution in [1.82, 2.24) is 0 Å². The summed E-state index contributed by atoms with van der Waals surface area (Å²) in [7, 11) is 0. The third-order valence-corrected chi connectivity index (χ3v) is 3.41. The number of nitrogens with zero attached hydrogens (tertiary/aromatic N) is 2. The molecule has 3 aromatic rings. The average Bonchev–Trinajstić information content (AvgIpc) is 2.61. The van der Waals surface area contributed by atoms with Crippen molar-refractivity contribution in [3.8, 4) is 11.5 Å².